The minimum Gasteiger partial charge on any atom is -0.454 e. The highest BCUT2D eigenvalue weighted by Gasteiger charge is 2.32. The molecule has 1 N–H and O–H groups in total. The van der Waals surface area contributed by atoms with Crippen LogP contribution in [0.2, 0.25) is 10.0 Å². The van der Waals surface area contributed by atoms with Crippen molar-refractivity contribution in [2.75, 3.05) is 30.4 Å². The van der Waals surface area contributed by atoms with Crippen molar-refractivity contribution in [2.24, 2.45) is 0 Å². The number of hydrogen-bond donors (Lipinski definition) is 1. The summed E-state index contributed by atoms with van der Waals surface area (Å²) in [6.07, 6.45) is 1.30. The Morgan fingerprint density at radius 2 is 1.74 bits per heavy atom. The van der Waals surface area contributed by atoms with Crippen LogP contribution >= 0.6 is 23.2 Å². The number of ether oxygens (including phenoxy) is 2. The number of carbonyl (C=O) groups excluding carboxylic acids is 2. The molecule has 9 nitrogen and oxygen atoms in total. The number of nitrogens with zero attached hydrogens (tertiary/aromatic N) is 2. The summed E-state index contributed by atoms with van der Waals surface area (Å²) in [5.41, 5.74) is 0.688. The molecule has 0 aromatic heterocycles. The highest BCUT2D eigenvalue weighted by Crippen LogP contribution is 2.36. The molecule has 2 aromatic rings. The molecule has 3 rings (SSSR count). The third-order valence-electron chi connectivity index (χ3n) is 5.45. The average Bonchev–Trinajstić information content (AvgIpc) is 3.26. The van der Waals surface area contributed by atoms with Gasteiger partial charge in [-0.3, -0.25) is 13.9 Å². The highest BCUT2D eigenvalue weighted by atomic mass is 35.5. The molecule has 0 saturated carbocycles. The van der Waals surface area contributed by atoms with Crippen LogP contribution in [-0.4, -0.2) is 57.3 Å². The fraction of sp³-hybridized carbons (Fsp3) is 0.391. The number of benzene rings is 2. The smallest absolute Gasteiger partial charge is 0.244 e. The van der Waals surface area contributed by atoms with E-state index in [0.29, 0.717) is 40.1 Å². The number of rotatable bonds is 10. The van der Waals surface area contributed by atoms with E-state index in [2.05, 4.69) is 5.32 Å². The molecule has 1 atom stereocenters. The fourth-order valence-electron chi connectivity index (χ4n) is 3.72. The first-order chi connectivity index (χ1) is 16.6. The Kier molecular flexibility index (Phi) is 8.74. The molecule has 1 aliphatic heterocycles. The lowest BCUT2D eigenvalue weighted by atomic mass is 10.1. The summed E-state index contributed by atoms with van der Waals surface area (Å²) in [4.78, 5) is 27.8. The second-order valence-corrected chi connectivity index (χ2v) is 10.6. The Balaban J connectivity index is 1.99. The second kappa shape index (κ2) is 11.4. The third-order valence-corrected chi connectivity index (χ3v) is 7.30. The standard InChI is InChI=1S/C23H27Cl2N3O6S/c1-4-19(23(30)26-5-2)27(12-16-17(24)7-6-8-18(16)25)22(29)13-28(35(3,31)32)15-9-10-20-21(11-15)34-14-33-20/h6-11,19H,4-5,12-14H2,1-3H3,(H,26,30)/t19-/m0/s1. The van der Waals surface area contributed by atoms with Crippen molar-refractivity contribution in [1.82, 2.24) is 10.2 Å². The van der Waals surface area contributed by atoms with E-state index in [9.17, 15) is 18.0 Å². The van der Waals surface area contributed by atoms with Crippen LogP contribution in [0.3, 0.4) is 0 Å². The van der Waals surface area contributed by atoms with Crippen molar-refractivity contribution in [2.45, 2.75) is 32.9 Å². The quantitative estimate of drug-likeness (QED) is 0.492. The normalized spacial score (nSPS) is 13.3. The van der Waals surface area contributed by atoms with Crippen LogP contribution in [0.15, 0.2) is 36.4 Å². The van der Waals surface area contributed by atoms with E-state index >= 15 is 0 Å². The minimum atomic E-state index is -3.88. The van der Waals surface area contributed by atoms with Gasteiger partial charge in [0.25, 0.3) is 0 Å². The zero-order valence-corrected chi connectivity index (χ0v) is 21.9. The average molecular weight is 544 g/mol. The Morgan fingerprint density at radius 1 is 1.09 bits per heavy atom. The third kappa shape index (κ3) is 6.31. The van der Waals surface area contributed by atoms with Crippen LogP contribution in [0, 0.1) is 0 Å². The van der Waals surface area contributed by atoms with E-state index in [-0.39, 0.29) is 24.9 Å². The summed E-state index contributed by atoms with van der Waals surface area (Å²) in [6, 6.07) is 8.66. The van der Waals surface area contributed by atoms with Gasteiger partial charge in [-0.15, -0.1) is 0 Å². The molecule has 0 bridgehead atoms. The summed E-state index contributed by atoms with van der Waals surface area (Å²) in [5, 5.41) is 3.39. The van der Waals surface area contributed by atoms with Gasteiger partial charge >= 0.3 is 0 Å². The largest absolute Gasteiger partial charge is 0.454 e. The van der Waals surface area contributed by atoms with Crippen LogP contribution in [0.1, 0.15) is 25.8 Å². The molecule has 1 heterocycles. The number of hydrogen-bond acceptors (Lipinski definition) is 6. The number of nitrogens with one attached hydrogen (secondary N) is 1. The van der Waals surface area contributed by atoms with E-state index in [1.165, 1.54) is 17.0 Å². The molecule has 1 aliphatic rings. The van der Waals surface area contributed by atoms with Crippen molar-refractivity contribution in [3.05, 3.63) is 52.0 Å². The first-order valence-electron chi connectivity index (χ1n) is 10.9. The maximum Gasteiger partial charge on any atom is 0.244 e. The lowest BCUT2D eigenvalue weighted by molar-refractivity contribution is -0.140. The van der Waals surface area contributed by atoms with Crippen molar-refractivity contribution in [1.29, 1.82) is 0 Å². The molecule has 0 fully saturated rings. The Hall–Kier alpha value is -2.69. The van der Waals surface area contributed by atoms with Gasteiger partial charge < -0.3 is 19.7 Å². The van der Waals surface area contributed by atoms with Gasteiger partial charge in [0.2, 0.25) is 28.6 Å². The molecule has 2 aromatic carbocycles. The minimum absolute atomic E-state index is 0.0215. The predicted molar refractivity (Wildman–Crippen MR) is 135 cm³/mol. The Bertz CT molecular complexity index is 1190. The Labute approximate surface area is 214 Å². The molecule has 0 unspecified atom stereocenters. The monoisotopic (exact) mass is 543 g/mol. The summed E-state index contributed by atoms with van der Waals surface area (Å²) in [6.45, 7) is 3.31. The molecule has 12 heteroatoms. The van der Waals surface area contributed by atoms with Gasteiger partial charge in [-0.25, -0.2) is 8.42 Å². The van der Waals surface area contributed by atoms with E-state index < -0.39 is 28.5 Å². The van der Waals surface area contributed by atoms with Crippen LogP contribution in [0.5, 0.6) is 11.5 Å². The molecule has 35 heavy (non-hydrogen) atoms. The zero-order valence-electron chi connectivity index (χ0n) is 19.6. The number of fused-ring (bicyclic) bond motifs is 1. The molecular formula is C23H27Cl2N3O6S. The topological polar surface area (TPSA) is 105 Å². The van der Waals surface area contributed by atoms with Crippen LogP contribution in [0.4, 0.5) is 5.69 Å². The summed E-state index contributed by atoms with van der Waals surface area (Å²) in [5.74, 6) is -0.106. The van der Waals surface area contributed by atoms with Crippen LogP contribution in [0.25, 0.3) is 0 Å². The molecule has 0 aliphatic carbocycles. The summed E-state index contributed by atoms with van der Waals surface area (Å²) >= 11 is 12.7. The highest BCUT2D eigenvalue weighted by molar-refractivity contribution is 7.92. The van der Waals surface area contributed by atoms with Crippen molar-refractivity contribution >= 4 is 50.7 Å². The fourth-order valence-corrected chi connectivity index (χ4v) is 5.08. The first kappa shape index (κ1) is 26.9. The number of anilines is 1. The molecular weight excluding hydrogens is 517 g/mol. The molecule has 0 radical (unpaired) electrons. The molecule has 0 spiro atoms. The van der Waals surface area contributed by atoms with Gasteiger partial charge in [0.15, 0.2) is 11.5 Å². The number of sulfonamides is 1. The molecule has 190 valence electrons. The maximum absolute atomic E-state index is 13.6. The van der Waals surface area contributed by atoms with Gasteiger partial charge in [-0.2, -0.15) is 0 Å². The van der Waals surface area contributed by atoms with Crippen LogP contribution < -0.4 is 19.1 Å². The molecule has 2 amide bonds. The number of carbonyl (C=O) groups is 2. The van der Waals surface area contributed by atoms with E-state index in [4.69, 9.17) is 32.7 Å². The van der Waals surface area contributed by atoms with Crippen LogP contribution in [-0.2, 0) is 26.2 Å². The predicted octanol–water partition coefficient (Wildman–Crippen LogP) is 3.43. The lowest BCUT2D eigenvalue weighted by Gasteiger charge is -2.33. The number of likely N-dealkylation sites (N-methyl/N-ethyl adjacent to an activating group) is 1. The summed E-state index contributed by atoms with van der Waals surface area (Å²) in [7, 11) is -3.88. The van der Waals surface area contributed by atoms with Gasteiger partial charge in [0.05, 0.1) is 11.9 Å². The maximum atomic E-state index is 13.6. The SMILES string of the molecule is CCNC(=O)[C@H](CC)N(Cc1c(Cl)cccc1Cl)C(=O)CN(c1ccc2c(c1)OCO2)S(C)(=O)=O. The van der Waals surface area contributed by atoms with Crippen molar-refractivity contribution < 1.29 is 27.5 Å². The van der Waals surface area contributed by atoms with E-state index in [1.807, 2.05) is 0 Å². The van der Waals surface area contributed by atoms with Gasteiger partial charge in [0.1, 0.15) is 12.6 Å². The van der Waals surface area contributed by atoms with Crippen molar-refractivity contribution in [3.8, 4) is 11.5 Å². The van der Waals surface area contributed by atoms with Gasteiger partial charge in [-0.05, 0) is 37.6 Å². The summed E-state index contributed by atoms with van der Waals surface area (Å²) < 4.78 is 37.0. The van der Waals surface area contributed by atoms with Crippen molar-refractivity contribution in [3.63, 3.8) is 0 Å². The van der Waals surface area contributed by atoms with E-state index in [0.717, 1.165) is 10.6 Å². The number of amides is 2. The van der Waals surface area contributed by atoms with Gasteiger partial charge in [0, 0.05) is 34.8 Å². The zero-order chi connectivity index (χ0) is 25.8. The second-order valence-electron chi connectivity index (χ2n) is 7.85. The van der Waals surface area contributed by atoms with Gasteiger partial charge in [-0.1, -0.05) is 36.2 Å². The van der Waals surface area contributed by atoms with E-state index in [1.54, 1.807) is 38.1 Å². The number of halogens is 2. The Morgan fingerprint density at radius 3 is 2.34 bits per heavy atom. The lowest BCUT2D eigenvalue weighted by Crippen LogP contribution is -2.52. The molecule has 0 saturated heterocycles. The first-order valence-corrected chi connectivity index (χ1v) is 13.5.